The fraction of sp³-hybridized carbons (Fsp3) is 0.462. The number of rotatable bonds is 4. The van der Waals surface area contributed by atoms with Crippen LogP contribution in [0.25, 0.3) is 0 Å². The molecule has 0 amide bonds. The quantitative estimate of drug-likeness (QED) is 0.664. The molecule has 0 heterocycles. The van der Waals surface area contributed by atoms with Gasteiger partial charge >= 0.3 is 0 Å². The maximum absolute atomic E-state index is 10.1. The third-order valence-electron chi connectivity index (χ3n) is 2.44. The van der Waals surface area contributed by atoms with Crippen molar-refractivity contribution >= 4 is 29.2 Å². The molecule has 1 aromatic carbocycles. The van der Waals surface area contributed by atoms with Gasteiger partial charge in [0, 0.05) is 30.7 Å². The molecule has 0 bridgehead atoms. The van der Waals surface area contributed by atoms with Gasteiger partial charge in [0.05, 0.1) is 12.6 Å². The topological polar surface area (TPSA) is 47.9 Å². The number of aliphatic hydroxyl groups is 1. The molecule has 0 saturated carbocycles. The van der Waals surface area contributed by atoms with Crippen LogP contribution in [0.15, 0.2) is 23.2 Å². The molecule has 0 spiro atoms. The molecule has 0 fully saturated rings. The van der Waals surface area contributed by atoms with E-state index in [1.807, 2.05) is 25.9 Å². The fourth-order valence-corrected chi connectivity index (χ4v) is 2.10. The minimum Gasteiger partial charge on any atom is -0.386 e. The lowest BCUT2D eigenvalue weighted by Gasteiger charge is -2.17. The Bertz CT molecular complexity index is 429. The number of hydrogen-bond acceptors (Lipinski definition) is 2. The van der Waals surface area contributed by atoms with E-state index in [4.69, 9.17) is 23.2 Å². The molecule has 0 radical (unpaired) electrons. The number of aliphatic imine (C=N–C) groups is 1. The van der Waals surface area contributed by atoms with Gasteiger partial charge < -0.3 is 15.3 Å². The van der Waals surface area contributed by atoms with Crippen LogP contribution in [-0.4, -0.2) is 43.2 Å². The molecule has 1 rings (SSSR count). The van der Waals surface area contributed by atoms with Gasteiger partial charge in [0.1, 0.15) is 0 Å². The zero-order chi connectivity index (χ0) is 14.4. The van der Waals surface area contributed by atoms with Crippen molar-refractivity contribution in [2.45, 2.75) is 13.0 Å². The lowest BCUT2D eigenvalue weighted by Crippen LogP contribution is -2.36. The van der Waals surface area contributed by atoms with E-state index in [-0.39, 0.29) is 6.54 Å². The molecule has 2 N–H and O–H groups in total. The minimum atomic E-state index is -0.732. The Hall–Kier alpha value is -0.970. The van der Waals surface area contributed by atoms with E-state index in [2.05, 4.69) is 10.3 Å². The van der Waals surface area contributed by atoms with Crippen LogP contribution in [0.3, 0.4) is 0 Å². The van der Waals surface area contributed by atoms with Gasteiger partial charge in [-0.25, -0.2) is 0 Å². The highest BCUT2D eigenvalue weighted by atomic mass is 35.5. The van der Waals surface area contributed by atoms with Crippen molar-refractivity contribution in [3.05, 3.63) is 33.8 Å². The highest BCUT2D eigenvalue weighted by molar-refractivity contribution is 6.34. The molecule has 19 heavy (non-hydrogen) atoms. The van der Waals surface area contributed by atoms with Crippen LogP contribution in [0.1, 0.15) is 18.6 Å². The number of nitrogens with one attached hydrogen (secondary N) is 1. The second-order valence-electron chi connectivity index (χ2n) is 4.31. The first-order chi connectivity index (χ1) is 8.93. The Morgan fingerprint density at radius 1 is 1.32 bits per heavy atom. The van der Waals surface area contributed by atoms with E-state index >= 15 is 0 Å². The van der Waals surface area contributed by atoms with Crippen LogP contribution in [0.2, 0.25) is 10.0 Å². The summed E-state index contributed by atoms with van der Waals surface area (Å²) < 4.78 is 0. The summed E-state index contributed by atoms with van der Waals surface area (Å²) in [4.78, 5) is 6.21. The predicted molar refractivity (Wildman–Crippen MR) is 81.1 cm³/mol. The van der Waals surface area contributed by atoms with Gasteiger partial charge in [0.15, 0.2) is 5.96 Å². The van der Waals surface area contributed by atoms with Gasteiger partial charge in [-0.05, 0) is 30.7 Å². The SMILES string of the molecule is CCNC(=NCC(O)c1cc(Cl)cc(Cl)c1)N(C)C. The van der Waals surface area contributed by atoms with Gasteiger partial charge in [-0.2, -0.15) is 0 Å². The van der Waals surface area contributed by atoms with E-state index in [1.54, 1.807) is 18.2 Å². The van der Waals surface area contributed by atoms with Crippen molar-refractivity contribution in [2.75, 3.05) is 27.2 Å². The summed E-state index contributed by atoms with van der Waals surface area (Å²) >= 11 is 11.8. The van der Waals surface area contributed by atoms with Crippen molar-refractivity contribution < 1.29 is 5.11 Å². The van der Waals surface area contributed by atoms with E-state index in [0.717, 1.165) is 12.5 Å². The predicted octanol–water partition coefficient (Wildman–Crippen LogP) is 2.55. The largest absolute Gasteiger partial charge is 0.386 e. The van der Waals surface area contributed by atoms with Crippen LogP contribution in [0.4, 0.5) is 0 Å². The monoisotopic (exact) mass is 303 g/mol. The lowest BCUT2D eigenvalue weighted by atomic mass is 10.1. The summed E-state index contributed by atoms with van der Waals surface area (Å²) in [5, 5.41) is 14.2. The normalized spacial score (nSPS) is 13.3. The van der Waals surface area contributed by atoms with E-state index < -0.39 is 6.10 Å². The van der Waals surface area contributed by atoms with Gasteiger partial charge in [0.2, 0.25) is 0 Å². The Morgan fingerprint density at radius 2 is 1.89 bits per heavy atom. The Balaban J connectivity index is 2.78. The number of guanidine groups is 1. The highest BCUT2D eigenvalue weighted by Crippen LogP contribution is 2.23. The smallest absolute Gasteiger partial charge is 0.193 e. The van der Waals surface area contributed by atoms with E-state index in [9.17, 15) is 5.11 Å². The molecule has 0 aliphatic carbocycles. The molecule has 6 heteroatoms. The van der Waals surface area contributed by atoms with Crippen molar-refractivity contribution in [3.63, 3.8) is 0 Å². The van der Waals surface area contributed by atoms with Gasteiger partial charge in [-0.15, -0.1) is 0 Å². The number of aliphatic hydroxyl groups excluding tert-OH is 1. The third-order valence-corrected chi connectivity index (χ3v) is 2.88. The Labute approximate surface area is 124 Å². The van der Waals surface area contributed by atoms with Crippen LogP contribution in [-0.2, 0) is 0 Å². The van der Waals surface area contributed by atoms with Gasteiger partial charge in [-0.3, -0.25) is 4.99 Å². The summed E-state index contributed by atoms with van der Waals surface area (Å²) in [7, 11) is 3.79. The van der Waals surface area contributed by atoms with Crippen LogP contribution >= 0.6 is 23.2 Å². The molecule has 0 saturated heterocycles. The lowest BCUT2D eigenvalue weighted by molar-refractivity contribution is 0.187. The molecule has 0 aromatic heterocycles. The summed E-state index contributed by atoms with van der Waals surface area (Å²) in [5.74, 6) is 0.731. The maximum Gasteiger partial charge on any atom is 0.193 e. The summed E-state index contributed by atoms with van der Waals surface area (Å²) in [5.41, 5.74) is 0.663. The number of benzene rings is 1. The first kappa shape index (κ1) is 16.1. The van der Waals surface area contributed by atoms with Crippen LogP contribution in [0.5, 0.6) is 0 Å². The molecule has 4 nitrogen and oxygen atoms in total. The third kappa shape index (κ3) is 5.27. The zero-order valence-electron chi connectivity index (χ0n) is 11.3. The van der Waals surface area contributed by atoms with Gasteiger partial charge in [-0.1, -0.05) is 23.2 Å². The van der Waals surface area contributed by atoms with Crippen molar-refractivity contribution in [2.24, 2.45) is 4.99 Å². The van der Waals surface area contributed by atoms with Crippen molar-refractivity contribution in [1.29, 1.82) is 0 Å². The standard InChI is InChI=1S/C13H19Cl2N3O/c1-4-16-13(18(2)3)17-8-12(19)9-5-10(14)7-11(15)6-9/h5-7,12,19H,4,8H2,1-3H3,(H,16,17). The number of halogens is 2. The molecule has 1 unspecified atom stereocenters. The number of nitrogens with zero attached hydrogens (tertiary/aromatic N) is 2. The first-order valence-corrected chi connectivity index (χ1v) is 6.79. The highest BCUT2D eigenvalue weighted by Gasteiger charge is 2.10. The Kier molecular flexibility index (Phi) is 6.42. The van der Waals surface area contributed by atoms with E-state index in [1.165, 1.54) is 0 Å². The van der Waals surface area contributed by atoms with Gasteiger partial charge in [0.25, 0.3) is 0 Å². The van der Waals surface area contributed by atoms with Crippen LogP contribution < -0.4 is 5.32 Å². The Morgan fingerprint density at radius 3 is 2.37 bits per heavy atom. The van der Waals surface area contributed by atoms with Crippen molar-refractivity contribution in [3.8, 4) is 0 Å². The molecular weight excluding hydrogens is 285 g/mol. The molecule has 0 aliphatic heterocycles. The van der Waals surface area contributed by atoms with E-state index in [0.29, 0.717) is 15.6 Å². The summed E-state index contributed by atoms with van der Waals surface area (Å²) in [6.07, 6.45) is -0.732. The fourth-order valence-electron chi connectivity index (χ4n) is 1.56. The second-order valence-corrected chi connectivity index (χ2v) is 5.18. The molecular formula is C13H19Cl2N3O. The molecule has 1 aromatic rings. The molecule has 0 aliphatic rings. The maximum atomic E-state index is 10.1. The first-order valence-electron chi connectivity index (χ1n) is 6.03. The summed E-state index contributed by atoms with van der Waals surface area (Å²) in [6.45, 7) is 3.01. The minimum absolute atomic E-state index is 0.247. The van der Waals surface area contributed by atoms with Crippen molar-refractivity contribution in [1.82, 2.24) is 10.2 Å². The summed E-state index contributed by atoms with van der Waals surface area (Å²) in [6, 6.07) is 5.01. The molecule has 1 atom stereocenters. The zero-order valence-corrected chi connectivity index (χ0v) is 12.8. The average molecular weight is 304 g/mol. The molecule has 106 valence electrons. The second kappa shape index (κ2) is 7.58. The van der Waals surface area contributed by atoms with Crippen LogP contribution in [0, 0.1) is 0 Å². The number of hydrogen-bond donors (Lipinski definition) is 2. The average Bonchev–Trinajstić information content (AvgIpc) is 2.32.